The Kier molecular flexibility index (Phi) is 3.10. The molecule has 1 aliphatic rings. The number of carbonyl (C=O) groups is 2. The average Bonchev–Trinajstić information content (AvgIpc) is 2.13. The van der Waals surface area contributed by atoms with Crippen LogP contribution in [0.1, 0.15) is 26.2 Å². The van der Waals surface area contributed by atoms with Gasteiger partial charge in [-0.2, -0.15) is 0 Å². The van der Waals surface area contributed by atoms with E-state index in [9.17, 15) is 9.59 Å². The Morgan fingerprint density at radius 2 is 2.14 bits per heavy atom. The van der Waals surface area contributed by atoms with Crippen LogP contribution in [0.2, 0.25) is 0 Å². The van der Waals surface area contributed by atoms with Crippen molar-refractivity contribution in [2.45, 2.75) is 37.8 Å². The van der Waals surface area contributed by atoms with Gasteiger partial charge in [0.25, 0.3) is 0 Å². The summed E-state index contributed by atoms with van der Waals surface area (Å²) in [6, 6.07) is -0.0220. The van der Waals surface area contributed by atoms with Crippen molar-refractivity contribution >= 4 is 11.9 Å². The van der Waals surface area contributed by atoms with E-state index in [1.807, 2.05) is 0 Å². The molecule has 0 atom stereocenters. The fourth-order valence-corrected chi connectivity index (χ4v) is 1.71. The van der Waals surface area contributed by atoms with Crippen molar-refractivity contribution in [2.75, 3.05) is 7.11 Å². The first-order valence-corrected chi connectivity index (χ1v) is 4.69. The van der Waals surface area contributed by atoms with E-state index in [-0.39, 0.29) is 11.9 Å². The second-order valence-electron chi connectivity index (χ2n) is 3.64. The predicted molar refractivity (Wildman–Crippen MR) is 50.4 cm³/mol. The highest BCUT2D eigenvalue weighted by atomic mass is 16.5. The lowest BCUT2D eigenvalue weighted by atomic mass is 9.73. The molecule has 0 aromatic heterocycles. The molecule has 1 rings (SSSR count). The van der Waals surface area contributed by atoms with Gasteiger partial charge in [0.05, 0.1) is 7.11 Å². The molecule has 0 unspecified atom stereocenters. The molecule has 5 nitrogen and oxygen atoms in total. The third kappa shape index (κ3) is 1.87. The summed E-state index contributed by atoms with van der Waals surface area (Å²) in [5, 5.41) is 2.67. The van der Waals surface area contributed by atoms with E-state index >= 15 is 0 Å². The van der Waals surface area contributed by atoms with E-state index in [1.165, 1.54) is 7.11 Å². The number of nitrogens with one attached hydrogen (secondary N) is 1. The first-order valence-electron chi connectivity index (χ1n) is 4.69. The summed E-state index contributed by atoms with van der Waals surface area (Å²) in [6.45, 7) is 1.74. The third-order valence-corrected chi connectivity index (χ3v) is 2.50. The summed E-state index contributed by atoms with van der Waals surface area (Å²) in [4.78, 5) is 22.6. The highest BCUT2D eigenvalue weighted by Gasteiger charge is 2.50. The van der Waals surface area contributed by atoms with Crippen LogP contribution in [0.15, 0.2) is 0 Å². The number of esters is 1. The molecular formula is C9H16N2O3. The number of hydrogen-bond donors (Lipinski definition) is 2. The molecule has 0 aliphatic heterocycles. The quantitative estimate of drug-likeness (QED) is 0.604. The third-order valence-electron chi connectivity index (χ3n) is 2.50. The first kappa shape index (κ1) is 11.0. The Labute approximate surface area is 83.0 Å². The fourth-order valence-electron chi connectivity index (χ4n) is 1.71. The van der Waals surface area contributed by atoms with Crippen molar-refractivity contribution in [3.8, 4) is 0 Å². The molecule has 1 saturated carbocycles. The number of amides is 1. The summed E-state index contributed by atoms with van der Waals surface area (Å²) in [5.74, 6) is -0.552. The summed E-state index contributed by atoms with van der Waals surface area (Å²) in [5.41, 5.74) is 4.74. The van der Waals surface area contributed by atoms with Crippen LogP contribution in [0, 0.1) is 0 Å². The van der Waals surface area contributed by atoms with Gasteiger partial charge < -0.3 is 15.8 Å². The van der Waals surface area contributed by atoms with E-state index in [0.717, 1.165) is 0 Å². The molecule has 5 heteroatoms. The maximum absolute atomic E-state index is 11.4. The second kappa shape index (κ2) is 3.96. The Morgan fingerprint density at radius 1 is 1.57 bits per heavy atom. The van der Waals surface area contributed by atoms with Crippen molar-refractivity contribution < 1.29 is 14.3 Å². The summed E-state index contributed by atoms with van der Waals surface area (Å²) >= 11 is 0. The minimum atomic E-state index is -0.860. The normalized spacial score (nSPS) is 30.4. The van der Waals surface area contributed by atoms with Crippen LogP contribution in [0.5, 0.6) is 0 Å². The number of rotatable bonds is 3. The largest absolute Gasteiger partial charge is 0.467 e. The Hall–Kier alpha value is -1.10. The van der Waals surface area contributed by atoms with Crippen molar-refractivity contribution in [1.82, 2.24) is 5.32 Å². The summed E-state index contributed by atoms with van der Waals surface area (Å²) < 4.78 is 4.64. The van der Waals surface area contributed by atoms with Crippen molar-refractivity contribution in [1.29, 1.82) is 0 Å². The molecule has 14 heavy (non-hydrogen) atoms. The lowest BCUT2D eigenvalue weighted by molar-refractivity contribution is -0.155. The molecule has 1 fully saturated rings. The smallest absolute Gasteiger partial charge is 0.331 e. The lowest BCUT2D eigenvalue weighted by Gasteiger charge is -2.43. The zero-order valence-corrected chi connectivity index (χ0v) is 8.50. The highest BCUT2D eigenvalue weighted by molar-refractivity contribution is 5.89. The van der Waals surface area contributed by atoms with Gasteiger partial charge in [0.1, 0.15) is 5.54 Å². The number of ether oxygens (including phenoxy) is 1. The highest BCUT2D eigenvalue weighted by Crippen LogP contribution is 2.32. The minimum absolute atomic E-state index is 0.0220. The molecule has 3 N–H and O–H groups in total. The molecule has 0 aromatic rings. The Bertz CT molecular complexity index is 246. The summed E-state index contributed by atoms with van der Waals surface area (Å²) in [6.07, 6.45) is 1.28. The van der Waals surface area contributed by atoms with Gasteiger partial charge in [0.2, 0.25) is 5.91 Å². The van der Waals surface area contributed by atoms with Crippen LogP contribution < -0.4 is 11.1 Å². The molecule has 1 aliphatic carbocycles. The van der Waals surface area contributed by atoms with Crippen molar-refractivity contribution in [3.05, 3.63) is 0 Å². The zero-order chi connectivity index (χ0) is 10.8. The molecule has 0 spiro atoms. The molecular weight excluding hydrogens is 184 g/mol. The zero-order valence-electron chi connectivity index (χ0n) is 8.50. The first-order chi connectivity index (χ1) is 6.54. The van der Waals surface area contributed by atoms with Gasteiger partial charge >= 0.3 is 5.97 Å². The van der Waals surface area contributed by atoms with E-state index in [0.29, 0.717) is 19.3 Å². The van der Waals surface area contributed by atoms with Gasteiger partial charge in [-0.05, 0) is 12.8 Å². The van der Waals surface area contributed by atoms with Gasteiger partial charge in [-0.25, -0.2) is 4.79 Å². The van der Waals surface area contributed by atoms with Crippen LogP contribution in [0.4, 0.5) is 0 Å². The second-order valence-corrected chi connectivity index (χ2v) is 3.64. The molecule has 0 saturated heterocycles. The number of carbonyl (C=O) groups excluding carboxylic acids is 2. The molecule has 1 amide bonds. The monoisotopic (exact) mass is 200 g/mol. The van der Waals surface area contributed by atoms with Crippen LogP contribution in [-0.4, -0.2) is 30.6 Å². The van der Waals surface area contributed by atoms with Gasteiger partial charge in [0, 0.05) is 12.5 Å². The standard InChI is InChI=1S/C9H16N2O3/c1-3-7(12)11-9(8(13)14-2)4-6(10)5-9/h6H,3-5,10H2,1-2H3,(H,11,12). The maximum atomic E-state index is 11.4. The molecule has 0 aromatic carbocycles. The van der Waals surface area contributed by atoms with Crippen LogP contribution in [0.3, 0.4) is 0 Å². The van der Waals surface area contributed by atoms with Crippen LogP contribution >= 0.6 is 0 Å². The van der Waals surface area contributed by atoms with Crippen molar-refractivity contribution in [2.24, 2.45) is 5.73 Å². The molecule has 0 heterocycles. The van der Waals surface area contributed by atoms with E-state index in [4.69, 9.17) is 5.73 Å². The minimum Gasteiger partial charge on any atom is -0.467 e. The van der Waals surface area contributed by atoms with Crippen LogP contribution in [-0.2, 0) is 14.3 Å². The van der Waals surface area contributed by atoms with Crippen LogP contribution in [0.25, 0.3) is 0 Å². The number of hydrogen-bond acceptors (Lipinski definition) is 4. The maximum Gasteiger partial charge on any atom is 0.331 e. The predicted octanol–water partition coefficient (Wildman–Crippen LogP) is -0.454. The van der Waals surface area contributed by atoms with E-state index in [1.54, 1.807) is 6.92 Å². The van der Waals surface area contributed by atoms with Gasteiger partial charge in [-0.15, -0.1) is 0 Å². The SMILES string of the molecule is CCC(=O)NC1(C(=O)OC)CC(N)C1. The number of nitrogens with two attached hydrogens (primary N) is 1. The Morgan fingerprint density at radius 3 is 2.50 bits per heavy atom. The molecule has 0 radical (unpaired) electrons. The number of methoxy groups -OCH3 is 1. The Balaban J connectivity index is 2.64. The fraction of sp³-hybridized carbons (Fsp3) is 0.778. The topological polar surface area (TPSA) is 81.4 Å². The summed E-state index contributed by atoms with van der Waals surface area (Å²) in [7, 11) is 1.31. The molecule has 0 bridgehead atoms. The lowest BCUT2D eigenvalue weighted by Crippen LogP contribution is -2.66. The van der Waals surface area contributed by atoms with Gasteiger partial charge in [0.15, 0.2) is 0 Å². The van der Waals surface area contributed by atoms with Gasteiger partial charge in [-0.1, -0.05) is 6.92 Å². The average molecular weight is 200 g/mol. The van der Waals surface area contributed by atoms with Crippen molar-refractivity contribution in [3.63, 3.8) is 0 Å². The van der Waals surface area contributed by atoms with E-state index in [2.05, 4.69) is 10.1 Å². The van der Waals surface area contributed by atoms with E-state index < -0.39 is 11.5 Å². The van der Waals surface area contributed by atoms with Gasteiger partial charge in [-0.3, -0.25) is 4.79 Å². The molecule has 80 valence electrons.